The molecule has 0 saturated carbocycles. The average molecular weight is 468 g/mol. The van der Waals surface area contributed by atoms with Gasteiger partial charge in [0.05, 0.1) is 6.04 Å². The fraction of sp³-hybridized carbons (Fsp3) is 0.333. The topological polar surface area (TPSA) is 154 Å². The van der Waals surface area contributed by atoms with Crippen LogP contribution in [0, 0.1) is 0 Å². The third-order valence-electron chi connectivity index (χ3n) is 5.29. The van der Waals surface area contributed by atoms with Crippen molar-refractivity contribution >= 4 is 45.1 Å². The summed E-state index contributed by atoms with van der Waals surface area (Å²) in [6, 6.07) is 4.80. The maximum Gasteiger partial charge on any atom is 0.270 e. The number of thiazole rings is 1. The quantitative estimate of drug-likeness (QED) is 0.372. The molecule has 11 nitrogen and oxygen atoms in total. The van der Waals surface area contributed by atoms with Crippen molar-refractivity contribution in [3.05, 3.63) is 51.6 Å². The van der Waals surface area contributed by atoms with E-state index in [0.717, 1.165) is 16.5 Å². The number of carbonyl (C=O) groups is 3. The van der Waals surface area contributed by atoms with Crippen LogP contribution in [-0.4, -0.2) is 72.4 Å². The van der Waals surface area contributed by atoms with E-state index in [1.165, 1.54) is 11.3 Å². The van der Waals surface area contributed by atoms with Crippen molar-refractivity contribution in [2.24, 2.45) is 5.11 Å². The molecule has 3 heterocycles. The van der Waals surface area contributed by atoms with Crippen molar-refractivity contribution in [1.82, 2.24) is 25.5 Å². The summed E-state index contributed by atoms with van der Waals surface area (Å²) >= 11 is 1.17. The van der Waals surface area contributed by atoms with E-state index in [4.69, 9.17) is 5.53 Å². The second-order valence-electron chi connectivity index (χ2n) is 7.99. The Labute approximate surface area is 193 Å². The van der Waals surface area contributed by atoms with Gasteiger partial charge < -0.3 is 31.2 Å². The highest BCUT2D eigenvalue weighted by Crippen LogP contribution is 2.28. The van der Waals surface area contributed by atoms with Crippen LogP contribution in [0.25, 0.3) is 16.4 Å². The summed E-state index contributed by atoms with van der Waals surface area (Å²) in [6.45, 7) is 1.30. The first-order valence-corrected chi connectivity index (χ1v) is 11.2. The Morgan fingerprint density at radius 2 is 2.15 bits per heavy atom. The van der Waals surface area contributed by atoms with Crippen LogP contribution < -0.4 is 16.0 Å². The third-order valence-corrected chi connectivity index (χ3v) is 6.04. The van der Waals surface area contributed by atoms with Gasteiger partial charge in [0, 0.05) is 41.5 Å². The number of anilines is 1. The number of nitrogens with zero attached hydrogens (tertiary/aromatic N) is 4. The summed E-state index contributed by atoms with van der Waals surface area (Å²) in [7, 11) is 3.84. The Morgan fingerprint density at radius 1 is 1.33 bits per heavy atom. The van der Waals surface area contributed by atoms with Gasteiger partial charge in [-0.05, 0) is 44.3 Å². The van der Waals surface area contributed by atoms with Crippen LogP contribution in [0.2, 0.25) is 0 Å². The number of carbonyl (C=O) groups excluding carboxylic acids is 3. The standard InChI is InChI=1S/C21H23N8O3S/c1-29(2)6-5-23-19(31)16-10-33-21(27-16)28-18(30)11-3-4-15-13(7-11)14-8-12(9-24-22)25-20(32)17(14)26-15/h3-4,7,10,12,26H,5-6,8-9H2,1-2H3,(H,23,31)(H,25,32)(H,27,28,30)/q-1. The van der Waals surface area contributed by atoms with Crippen LogP contribution in [0.4, 0.5) is 5.13 Å². The average Bonchev–Trinajstić information content (AvgIpc) is 3.38. The number of benzene rings is 1. The number of aromatic amines is 1. The monoisotopic (exact) mass is 467 g/mol. The summed E-state index contributed by atoms with van der Waals surface area (Å²) in [5.74, 6) is -0.939. The highest BCUT2D eigenvalue weighted by molar-refractivity contribution is 7.14. The minimum atomic E-state index is -0.372. The minimum absolute atomic E-state index is 0.0904. The molecule has 0 aliphatic carbocycles. The number of hydrogen-bond acceptors (Lipinski definition) is 7. The van der Waals surface area contributed by atoms with Crippen LogP contribution in [0.15, 0.2) is 28.7 Å². The van der Waals surface area contributed by atoms with Crippen molar-refractivity contribution in [2.75, 3.05) is 39.0 Å². The largest absolute Gasteiger partial charge is 0.712 e. The van der Waals surface area contributed by atoms with Gasteiger partial charge in [0.25, 0.3) is 17.7 Å². The maximum absolute atomic E-state index is 12.8. The first-order chi connectivity index (χ1) is 15.9. The van der Waals surface area contributed by atoms with Gasteiger partial charge in [-0.3, -0.25) is 19.7 Å². The molecule has 1 aromatic carbocycles. The van der Waals surface area contributed by atoms with E-state index in [-0.39, 0.29) is 36.0 Å². The Morgan fingerprint density at radius 3 is 2.91 bits per heavy atom. The molecule has 1 atom stereocenters. The van der Waals surface area contributed by atoms with E-state index in [1.54, 1.807) is 23.6 Å². The van der Waals surface area contributed by atoms with Gasteiger partial charge in [-0.2, -0.15) is 0 Å². The molecule has 172 valence electrons. The second-order valence-corrected chi connectivity index (χ2v) is 8.85. The summed E-state index contributed by atoms with van der Waals surface area (Å²) < 4.78 is 0. The molecule has 1 aliphatic heterocycles. The third kappa shape index (κ3) is 4.91. The Kier molecular flexibility index (Phi) is 6.47. The predicted molar refractivity (Wildman–Crippen MR) is 125 cm³/mol. The van der Waals surface area contributed by atoms with Crippen molar-refractivity contribution in [3.8, 4) is 0 Å². The summed E-state index contributed by atoms with van der Waals surface area (Å²) in [5.41, 5.74) is 11.5. The van der Waals surface area contributed by atoms with Crippen LogP contribution >= 0.6 is 11.3 Å². The van der Waals surface area contributed by atoms with E-state index in [9.17, 15) is 14.4 Å². The molecule has 2 aromatic heterocycles. The zero-order valence-electron chi connectivity index (χ0n) is 18.1. The number of likely N-dealkylation sites (N-methyl/N-ethyl adjacent to an activating group) is 1. The molecule has 12 heteroatoms. The normalized spacial score (nSPS) is 15.2. The minimum Gasteiger partial charge on any atom is -0.712 e. The van der Waals surface area contributed by atoms with Gasteiger partial charge in [0.1, 0.15) is 11.4 Å². The number of nitrogens with one attached hydrogen (secondary N) is 4. The molecule has 3 aromatic rings. The molecule has 1 aliphatic rings. The molecule has 0 radical (unpaired) electrons. The fourth-order valence-electron chi connectivity index (χ4n) is 3.65. The Balaban J connectivity index is 1.49. The van der Waals surface area contributed by atoms with E-state index in [1.807, 2.05) is 19.0 Å². The maximum atomic E-state index is 12.8. The fourth-order valence-corrected chi connectivity index (χ4v) is 4.33. The molecule has 0 spiro atoms. The smallest absolute Gasteiger partial charge is 0.270 e. The van der Waals surface area contributed by atoms with E-state index >= 15 is 0 Å². The second kappa shape index (κ2) is 9.46. The lowest BCUT2D eigenvalue weighted by Gasteiger charge is -2.23. The molecule has 0 saturated heterocycles. The molecule has 1 unspecified atom stereocenters. The number of amides is 3. The first kappa shape index (κ1) is 22.6. The van der Waals surface area contributed by atoms with E-state index < -0.39 is 0 Å². The highest BCUT2D eigenvalue weighted by Gasteiger charge is 2.27. The lowest BCUT2D eigenvalue weighted by molar-refractivity contribution is 0.0920. The van der Waals surface area contributed by atoms with Crippen LogP contribution in [0.3, 0.4) is 0 Å². The number of hydrogen-bond donors (Lipinski definition) is 4. The summed E-state index contributed by atoms with van der Waals surface area (Å²) in [4.78, 5) is 46.6. The number of fused-ring (bicyclic) bond motifs is 3. The van der Waals surface area contributed by atoms with Crippen molar-refractivity contribution in [3.63, 3.8) is 0 Å². The first-order valence-electron chi connectivity index (χ1n) is 10.3. The number of H-pyrrole nitrogens is 1. The van der Waals surface area contributed by atoms with Gasteiger partial charge in [-0.1, -0.05) is 0 Å². The molecule has 4 N–H and O–H groups in total. The van der Waals surface area contributed by atoms with Crippen LogP contribution in [-0.2, 0) is 6.42 Å². The summed E-state index contributed by atoms with van der Waals surface area (Å²) in [6.07, 6.45) is 0.481. The van der Waals surface area contributed by atoms with Gasteiger partial charge in [0.15, 0.2) is 5.13 Å². The predicted octanol–water partition coefficient (Wildman–Crippen LogP) is 1.84. The lowest BCUT2D eigenvalue weighted by Crippen LogP contribution is -2.43. The molecular weight excluding hydrogens is 444 g/mol. The van der Waals surface area contributed by atoms with E-state index in [2.05, 4.69) is 31.0 Å². The van der Waals surface area contributed by atoms with Crippen molar-refractivity contribution in [2.45, 2.75) is 12.5 Å². The van der Waals surface area contributed by atoms with Crippen molar-refractivity contribution in [1.29, 1.82) is 0 Å². The molecule has 0 bridgehead atoms. The molecular formula is C21H23N8O3S-. The van der Waals surface area contributed by atoms with Gasteiger partial charge >= 0.3 is 0 Å². The summed E-state index contributed by atoms with van der Waals surface area (Å²) in [5, 5.41) is 14.1. The zero-order valence-corrected chi connectivity index (χ0v) is 19.0. The Hall–Kier alpha value is -3.64. The highest BCUT2D eigenvalue weighted by atomic mass is 32.1. The van der Waals surface area contributed by atoms with Crippen LogP contribution in [0.1, 0.15) is 36.9 Å². The Bertz CT molecular complexity index is 1230. The molecule has 0 fully saturated rings. The zero-order chi connectivity index (χ0) is 23.5. The molecule has 3 amide bonds. The van der Waals surface area contributed by atoms with Gasteiger partial charge in [-0.25, -0.2) is 4.98 Å². The SMILES string of the molecule is CN(C)CCNC(=O)c1csc(NC(=O)c2ccc3[nH]c4c(c3c2)CC(CN=[N-])NC4=O)n1. The lowest BCUT2D eigenvalue weighted by atomic mass is 9.97. The van der Waals surface area contributed by atoms with Gasteiger partial charge in [-0.15, -0.1) is 11.3 Å². The molecule has 4 rings (SSSR count). The molecule has 33 heavy (non-hydrogen) atoms. The van der Waals surface area contributed by atoms with Crippen LogP contribution in [0.5, 0.6) is 0 Å². The number of aromatic nitrogens is 2. The number of rotatable bonds is 8. The van der Waals surface area contributed by atoms with Crippen molar-refractivity contribution < 1.29 is 14.4 Å². The van der Waals surface area contributed by atoms with Gasteiger partial charge in [0.2, 0.25) is 0 Å². The van der Waals surface area contributed by atoms with E-state index in [0.29, 0.717) is 35.9 Å².